The molecule has 1 aromatic carbocycles. The van der Waals surface area contributed by atoms with Gasteiger partial charge >= 0.3 is 0 Å². The average Bonchev–Trinajstić information content (AvgIpc) is 3.39. The van der Waals surface area contributed by atoms with Crippen LogP contribution in [0.3, 0.4) is 0 Å². The first kappa shape index (κ1) is 20.8. The van der Waals surface area contributed by atoms with Crippen molar-refractivity contribution in [1.29, 1.82) is 0 Å². The van der Waals surface area contributed by atoms with E-state index in [1.54, 1.807) is 0 Å². The number of nitrogens with one attached hydrogen (secondary N) is 1. The zero-order valence-corrected chi connectivity index (χ0v) is 18.5. The van der Waals surface area contributed by atoms with Crippen LogP contribution in [0.4, 0.5) is 0 Å². The molecule has 1 N–H and O–H groups in total. The molecule has 6 nitrogen and oxygen atoms in total. The van der Waals surface area contributed by atoms with Crippen LogP contribution in [0, 0.1) is 6.92 Å². The highest BCUT2D eigenvalue weighted by Crippen LogP contribution is 2.22. The molecule has 158 valence electrons. The molecule has 1 amide bonds. The topological polar surface area (TPSA) is 71.3 Å². The molecule has 0 atom stereocenters. The molecule has 1 aliphatic rings. The molecule has 0 saturated carbocycles. The second-order valence-corrected chi connectivity index (χ2v) is 9.51. The Hall–Kier alpha value is -2.51. The van der Waals surface area contributed by atoms with E-state index in [0.29, 0.717) is 24.2 Å². The van der Waals surface area contributed by atoms with Crippen molar-refractivity contribution in [2.75, 3.05) is 13.1 Å². The summed E-state index contributed by atoms with van der Waals surface area (Å²) >= 11 is 1.54. The Kier molecular flexibility index (Phi) is 6.29. The molecule has 3 heterocycles. The van der Waals surface area contributed by atoms with Crippen LogP contribution >= 0.6 is 11.3 Å². The number of benzene rings is 1. The van der Waals surface area contributed by atoms with Crippen LogP contribution in [0.1, 0.15) is 58.6 Å². The minimum absolute atomic E-state index is 0.0385. The number of nitrogens with zero attached hydrogens (tertiary/aromatic N) is 3. The number of likely N-dealkylation sites (tertiary alicyclic amines) is 1. The number of hydrogen-bond acceptors (Lipinski definition) is 6. The maximum absolute atomic E-state index is 12.3. The van der Waals surface area contributed by atoms with Gasteiger partial charge in [0.1, 0.15) is 0 Å². The van der Waals surface area contributed by atoms with Crippen LogP contribution in [-0.2, 0) is 6.54 Å². The van der Waals surface area contributed by atoms with Gasteiger partial charge in [-0.15, -0.1) is 11.3 Å². The van der Waals surface area contributed by atoms with Crippen LogP contribution in [0.2, 0.25) is 0 Å². The maximum Gasteiger partial charge on any atom is 0.261 e. The van der Waals surface area contributed by atoms with Gasteiger partial charge in [-0.05, 0) is 43.4 Å². The van der Waals surface area contributed by atoms with Gasteiger partial charge in [0.15, 0.2) is 0 Å². The summed E-state index contributed by atoms with van der Waals surface area (Å²) in [5, 5.41) is 7.31. The molecule has 7 heteroatoms. The van der Waals surface area contributed by atoms with Crippen molar-refractivity contribution in [1.82, 2.24) is 20.4 Å². The summed E-state index contributed by atoms with van der Waals surface area (Å²) < 4.78 is 5.48. The van der Waals surface area contributed by atoms with E-state index < -0.39 is 0 Å². The van der Waals surface area contributed by atoms with Crippen LogP contribution < -0.4 is 5.32 Å². The van der Waals surface area contributed by atoms with E-state index in [9.17, 15) is 4.79 Å². The first-order chi connectivity index (χ1) is 14.5. The minimum Gasteiger partial charge on any atom is -0.349 e. The van der Waals surface area contributed by atoms with Gasteiger partial charge in [-0.25, -0.2) is 0 Å². The summed E-state index contributed by atoms with van der Waals surface area (Å²) in [5.74, 6) is 1.81. The standard InChI is InChI=1S/C23H28N4O2S/c1-15(2)17-5-7-18(8-6-17)22-25-21(29-26-22)14-27-12-10-19(11-13-27)24-23(28)20-9-4-16(3)30-20/h4-9,15,19H,10-14H2,1-3H3,(H,24,28). The fourth-order valence-electron chi connectivity index (χ4n) is 3.69. The predicted octanol–water partition coefficient (Wildman–Crippen LogP) is 4.62. The predicted molar refractivity (Wildman–Crippen MR) is 119 cm³/mol. The molecule has 3 aromatic rings. The van der Waals surface area contributed by atoms with E-state index in [2.05, 4.69) is 46.3 Å². The number of aromatic nitrogens is 2. The first-order valence-electron chi connectivity index (χ1n) is 10.5. The third kappa shape index (κ3) is 4.96. The third-order valence-electron chi connectivity index (χ3n) is 5.55. The van der Waals surface area contributed by atoms with Gasteiger partial charge in [-0.1, -0.05) is 43.3 Å². The Morgan fingerprint density at radius 1 is 1.20 bits per heavy atom. The van der Waals surface area contributed by atoms with E-state index in [0.717, 1.165) is 41.2 Å². The second kappa shape index (κ2) is 9.10. The Morgan fingerprint density at radius 2 is 1.93 bits per heavy atom. The van der Waals surface area contributed by atoms with Gasteiger partial charge in [-0.3, -0.25) is 9.69 Å². The van der Waals surface area contributed by atoms with Crippen molar-refractivity contribution >= 4 is 17.2 Å². The zero-order valence-electron chi connectivity index (χ0n) is 17.7. The Labute approximate surface area is 181 Å². The van der Waals surface area contributed by atoms with Gasteiger partial charge in [0, 0.05) is 29.6 Å². The van der Waals surface area contributed by atoms with Crippen LogP contribution in [0.25, 0.3) is 11.4 Å². The summed E-state index contributed by atoms with van der Waals surface area (Å²) in [6.07, 6.45) is 1.85. The first-order valence-corrected chi connectivity index (χ1v) is 11.3. The Balaban J connectivity index is 1.28. The number of amides is 1. The highest BCUT2D eigenvalue weighted by Gasteiger charge is 2.23. The number of carbonyl (C=O) groups excluding carboxylic acids is 1. The molecule has 1 aliphatic heterocycles. The summed E-state index contributed by atoms with van der Waals surface area (Å²) in [5.41, 5.74) is 2.27. The quantitative estimate of drug-likeness (QED) is 0.625. The number of rotatable bonds is 6. The Morgan fingerprint density at radius 3 is 2.57 bits per heavy atom. The molecule has 0 bridgehead atoms. The third-order valence-corrected chi connectivity index (χ3v) is 6.55. The van der Waals surface area contributed by atoms with Crippen molar-refractivity contribution in [3.05, 3.63) is 57.6 Å². The van der Waals surface area contributed by atoms with Crippen molar-refractivity contribution in [3.8, 4) is 11.4 Å². The van der Waals surface area contributed by atoms with Crippen LogP contribution in [-0.4, -0.2) is 40.1 Å². The van der Waals surface area contributed by atoms with E-state index in [1.807, 2.05) is 31.2 Å². The molecule has 0 spiro atoms. The fourth-order valence-corrected chi connectivity index (χ4v) is 4.46. The monoisotopic (exact) mass is 424 g/mol. The highest BCUT2D eigenvalue weighted by molar-refractivity contribution is 7.13. The number of piperidine rings is 1. The molecule has 0 unspecified atom stereocenters. The van der Waals surface area contributed by atoms with E-state index in [1.165, 1.54) is 16.9 Å². The lowest BCUT2D eigenvalue weighted by Gasteiger charge is -2.31. The van der Waals surface area contributed by atoms with Crippen molar-refractivity contribution in [3.63, 3.8) is 0 Å². The number of carbonyl (C=O) groups is 1. The van der Waals surface area contributed by atoms with Crippen LogP contribution in [0.15, 0.2) is 40.9 Å². The molecule has 0 radical (unpaired) electrons. The number of aryl methyl sites for hydroxylation is 1. The minimum atomic E-state index is 0.0385. The van der Waals surface area contributed by atoms with E-state index >= 15 is 0 Å². The summed E-state index contributed by atoms with van der Waals surface area (Å²) in [4.78, 5) is 21.2. The normalized spacial score (nSPS) is 15.6. The van der Waals surface area contributed by atoms with E-state index in [-0.39, 0.29) is 11.9 Å². The number of hydrogen-bond donors (Lipinski definition) is 1. The SMILES string of the molecule is Cc1ccc(C(=O)NC2CCN(Cc3nc(-c4ccc(C(C)C)cc4)no3)CC2)s1. The van der Waals surface area contributed by atoms with Crippen molar-refractivity contribution in [2.24, 2.45) is 0 Å². The maximum atomic E-state index is 12.3. The number of thiophene rings is 1. The van der Waals surface area contributed by atoms with Crippen molar-refractivity contribution < 1.29 is 9.32 Å². The van der Waals surface area contributed by atoms with Gasteiger partial charge in [-0.2, -0.15) is 4.98 Å². The molecule has 2 aromatic heterocycles. The molecule has 1 fully saturated rings. The highest BCUT2D eigenvalue weighted by atomic mass is 32.1. The summed E-state index contributed by atoms with van der Waals surface area (Å²) in [7, 11) is 0. The lowest BCUT2D eigenvalue weighted by molar-refractivity contribution is 0.0908. The molecular weight excluding hydrogens is 396 g/mol. The summed E-state index contributed by atoms with van der Waals surface area (Å²) in [6, 6.07) is 12.4. The van der Waals surface area contributed by atoms with Gasteiger partial charge in [0.05, 0.1) is 11.4 Å². The van der Waals surface area contributed by atoms with Gasteiger partial charge in [0.25, 0.3) is 5.91 Å². The molecular formula is C23H28N4O2S. The second-order valence-electron chi connectivity index (χ2n) is 8.22. The van der Waals surface area contributed by atoms with Crippen molar-refractivity contribution in [2.45, 2.75) is 52.1 Å². The Bertz CT molecular complexity index is 985. The van der Waals surface area contributed by atoms with Gasteiger partial charge < -0.3 is 9.84 Å². The van der Waals surface area contributed by atoms with E-state index in [4.69, 9.17) is 4.52 Å². The smallest absolute Gasteiger partial charge is 0.261 e. The average molecular weight is 425 g/mol. The largest absolute Gasteiger partial charge is 0.349 e. The fraction of sp³-hybridized carbons (Fsp3) is 0.435. The van der Waals surface area contributed by atoms with Crippen LogP contribution in [0.5, 0.6) is 0 Å². The lowest BCUT2D eigenvalue weighted by atomic mass is 10.0. The molecule has 30 heavy (non-hydrogen) atoms. The molecule has 4 rings (SSSR count). The molecule has 1 saturated heterocycles. The lowest BCUT2D eigenvalue weighted by Crippen LogP contribution is -2.44. The van der Waals surface area contributed by atoms with Gasteiger partial charge in [0.2, 0.25) is 11.7 Å². The molecule has 0 aliphatic carbocycles. The zero-order chi connectivity index (χ0) is 21.1. The summed E-state index contributed by atoms with van der Waals surface area (Å²) in [6.45, 7) is 8.81.